The van der Waals surface area contributed by atoms with Crippen molar-refractivity contribution in [3.05, 3.63) is 51.7 Å². The van der Waals surface area contributed by atoms with Gasteiger partial charge in [-0.15, -0.1) is 0 Å². The number of hydrogen-bond donors (Lipinski definition) is 0. The second kappa shape index (κ2) is 5.51. The predicted octanol–water partition coefficient (Wildman–Crippen LogP) is 2.64. The number of rotatable bonds is 2. The summed E-state index contributed by atoms with van der Waals surface area (Å²) in [6.45, 7) is 1.72. The fraction of sp³-hybridized carbons (Fsp3) is 0.200. The second-order valence-electron chi connectivity index (χ2n) is 4.43. The van der Waals surface area contributed by atoms with Gasteiger partial charge < -0.3 is 9.64 Å². The third-order valence-corrected chi connectivity index (χ3v) is 3.49. The van der Waals surface area contributed by atoms with Crippen LogP contribution in [0.1, 0.15) is 12.5 Å². The Morgan fingerprint density at radius 1 is 1.30 bits per heavy atom. The van der Waals surface area contributed by atoms with Crippen LogP contribution in [-0.2, 0) is 14.3 Å². The summed E-state index contributed by atoms with van der Waals surface area (Å²) >= 11 is 5.83. The number of nitrogens with zero attached hydrogens (tertiary/aromatic N) is 1. The smallest absolute Gasteiger partial charge is 0.340 e. The number of amides is 1. The van der Waals surface area contributed by atoms with E-state index in [-0.39, 0.29) is 5.91 Å². The summed E-state index contributed by atoms with van der Waals surface area (Å²) in [5.41, 5.74) is 2.01. The van der Waals surface area contributed by atoms with Gasteiger partial charge in [0.15, 0.2) is 0 Å². The topological polar surface area (TPSA) is 46.6 Å². The quantitative estimate of drug-likeness (QED) is 0.622. The molecule has 0 saturated carbocycles. The van der Waals surface area contributed by atoms with Crippen LogP contribution in [0, 0.1) is 0 Å². The van der Waals surface area contributed by atoms with Crippen LogP contribution in [0.15, 0.2) is 41.1 Å². The molecule has 0 saturated heterocycles. The number of hydrogen-bond acceptors (Lipinski definition) is 3. The van der Waals surface area contributed by atoms with Crippen LogP contribution >= 0.6 is 11.6 Å². The molecule has 1 aliphatic heterocycles. The normalized spacial score (nSPS) is 17.1. The third kappa shape index (κ3) is 2.47. The lowest BCUT2D eigenvalue weighted by Crippen LogP contribution is -2.19. The zero-order valence-corrected chi connectivity index (χ0v) is 12.2. The van der Waals surface area contributed by atoms with E-state index in [2.05, 4.69) is 0 Å². The van der Waals surface area contributed by atoms with Crippen molar-refractivity contribution in [2.24, 2.45) is 0 Å². The number of carbonyl (C=O) groups excluding carboxylic acids is 2. The molecule has 0 bridgehead atoms. The average Bonchev–Trinajstić information content (AvgIpc) is 2.65. The molecule has 0 N–H and O–H groups in total. The van der Waals surface area contributed by atoms with Gasteiger partial charge in [0.2, 0.25) is 0 Å². The molecule has 1 aromatic carbocycles. The van der Waals surface area contributed by atoms with Gasteiger partial charge in [-0.25, -0.2) is 4.79 Å². The highest BCUT2D eigenvalue weighted by molar-refractivity contribution is 6.30. The summed E-state index contributed by atoms with van der Waals surface area (Å²) in [6.07, 6.45) is 1.66. The lowest BCUT2D eigenvalue weighted by atomic mass is 10.0. The van der Waals surface area contributed by atoms with E-state index in [0.717, 1.165) is 5.56 Å². The highest BCUT2D eigenvalue weighted by atomic mass is 35.5. The van der Waals surface area contributed by atoms with Crippen LogP contribution in [0.25, 0.3) is 6.08 Å². The number of esters is 1. The van der Waals surface area contributed by atoms with Crippen LogP contribution in [0.4, 0.5) is 0 Å². The molecule has 0 spiro atoms. The first-order valence-corrected chi connectivity index (χ1v) is 6.38. The van der Waals surface area contributed by atoms with Crippen molar-refractivity contribution in [1.29, 1.82) is 0 Å². The molecular formula is C15H14ClNO3. The van der Waals surface area contributed by atoms with Crippen LogP contribution in [0.3, 0.4) is 0 Å². The number of allylic oxidation sites excluding steroid dienone is 1. The molecule has 0 aliphatic carbocycles. The van der Waals surface area contributed by atoms with Gasteiger partial charge in [-0.3, -0.25) is 4.79 Å². The van der Waals surface area contributed by atoms with Crippen molar-refractivity contribution in [1.82, 2.24) is 4.90 Å². The molecule has 5 heteroatoms. The van der Waals surface area contributed by atoms with Crippen LogP contribution in [-0.4, -0.2) is 30.9 Å². The Kier molecular flexibility index (Phi) is 3.95. The predicted molar refractivity (Wildman–Crippen MR) is 76.9 cm³/mol. The average molecular weight is 292 g/mol. The second-order valence-corrected chi connectivity index (χ2v) is 4.86. The zero-order chi connectivity index (χ0) is 14.9. The highest BCUT2D eigenvalue weighted by Crippen LogP contribution is 2.30. The van der Waals surface area contributed by atoms with E-state index < -0.39 is 5.97 Å². The molecule has 0 atom stereocenters. The van der Waals surface area contributed by atoms with E-state index in [1.165, 1.54) is 12.0 Å². The first-order chi connectivity index (χ1) is 9.45. The molecule has 0 radical (unpaired) electrons. The first-order valence-electron chi connectivity index (χ1n) is 6.00. The molecule has 0 aromatic heterocycles. The maximum Gasteiger partial charge on any atom is 0.340 e. The molecule has 0 unspecified atom stereocenters. The summed E-state index contributed by atoms with van der Waals surface area (Å²) in [6, 6.07) is 7.02. The van der Waals surface area contributed by atoms with Crippen molar-refractivity contribution in [3.8, 4) is 0 Å². The molecule has 20 heavy (non-hydrogen) atoms. The summed E-state index contributed by atoms with van der Waals surface area (Å²) < 4.78 is 4.75. The molecule has 0 fully saturated rings. The maximum atomic E-state index is 12.2. The molecule has 104 valence electrons. The van der Waals surface area contributed by atoms with E-state index in [1.807, 2.05) is 0 Å². The minimum Gasteiger partial charge on any atom is -0.465 e. The standard InChI is InChI=1S/C15H14ClNO3/c1-9-13(15(19)20-3)12(14(18)17(9)2)8-10-4-6-11(16)7-5-10/h4-8H,1-3H3. The summed E-state index contributed by atoms with van der Waals surface area (Å²) in [5.74, 6) is -0.738. The van der Waals surface area contributed by atoms with Crippen molar-refractivity contribution in [2.75, 3.05) is 14.2 Å². The molecular weight excluding hydrogens is 278 g/mol. The van der Waals surface area contributed by atoms with Crippen molar-refractivity contribution < 1.29 is 14.3 Å². The van der Waals surface area contributed by atoms with Crippen molar-refractivity contribution in [3.63, 3.8) is 0 Å². The van der Waals surface area contributed by atoms with Gasteiger partial charge in [0.1, 0.15) is 0 Å². The molecule has 1 heterocycles. The van der Waals surface area contributed by atoms with E-state index in [4.69, 9.17) is 16.3 Å². The monoisotopic (exact) mass is 291 g/mol. The summed E-state index contributed by atoms with van der Waals surface area (Å²) in [5, 5.41) is 0.613. The van der Waals surface area contributed by atoms with Crippen LogP contribution < -0.4 is 0 Å². The SMILES string of the molecule is COC(=O)C1=C(C)N(C)C(=O)C1=Cc1ccc(Cl)cc1. The van der Waals surface area contributed by atoms with Gasteiger partial charge in [0, 0.05) is 17.8 Å². The minimum atomic E-state index is -0.514. The minimum absolute atomic E-state index is 0.224. The van der Waals surface area contributed by atoms with Gasteiger partial charge >= 0.3 is 5.97 Å². The number of ether oxygens (including phenoxy) is 1. The number of likely N-dealkylation sites (N-methyl/N-ethyl adjacent to an activating group) is 1. The van der Waals surface area contributed by atoms with Crippen LogP contribution in [0.5, 0.6) is 0 Å². The summed E-state index contributed by atoms with van der Waals surface area (Å²) in [4.78, 5) is 25.5. The molecule has 1 amide bonds. The number of methoxy groups -OCH3 is 1. The molecule has 1 aliphatic rings. The Morgan fingerprint density at radius 3 is 2.45 bits per heavy atom. The lowest BCUT2D eigenvalue weighted by molar-refractivity contribution is -0.136. The fourth-order valence-electron chi connectivity index (χ4n) is 2.02. The van der Waals surface area contributed by atoms with Gasteiger partial charge in [0.05, 0.1) is 18.3 Å². The number of carbonyl (C=O) groups is 2. The van der Waals surface area contributed by atoms with E-state index in [0.29, 0.717) is 21.9 Å². The Balaban J connectivity index is 2.50. The van der Waals surface area contributed by atoms with Gasteiger partial charge in [-0.05, 0) is 30.7 Å². The Bertz CT molecular complexity index is 629. The van der Waals surface area contributed by atoms with E-state index in [1.54, 1.807) is 44.3 Å². The first kappa shape index (κ1) is 14.3. The number of benzene rings is 1. The summed E-state index contributed by atoms with van der Waals surface area (Å²) in [7, 11) is 2.93. The Morgan fingerprint density at radius 2 is 1.90 bits per heavy atom. The van der Waals surface area contributed by atoms with Gasteiger partial charge in [-0.2, -0.15) is 0 Å². The van der Waals surface area contributed by atoms with Gasteiger partial charge in [0.25, 0.3) is 5.91 Å². The van der Waals surface area contributed by atoms with E-state index in [9.17, 15) is 9.59 Å². The van der Waals surface area contributed by atoms with E-state index >= 15 is 0 Å². The molecule has 1 aromatic rings. The highest BCUT2D eigenvalue weighted by Gasteiger charge is 2.34. The Hall–Kier alpha value is -2.07. The van der Waals surface area contributed by atoms with Crippen molar-refractivity contribution >= 4 is 29.6 Å². The van der Waals surface area contributed by atoms with Crippen molar-refractivity contribution in [2.45, 2.75) is 6.92 Å². The third-order valence-electron chi connectivity index (χ3n) is 3.24. The Labute approximate surface area is 122 Å². The molecule has 2 rings (SSSR count). The lowest BCUT2D eigenvalue weighted by Gasteiger charge is -2.08. The number of halogens is 1. The molecule has 4 nitrogen and oxygen atoms in total. The zero-order valence-electron chi connectivity index (χ0n) is 11.4. The maximum absolute atomic E-state index is 12.2. The fourth-order valence-corrected chi connectivity index (χ4v) is 2.15. The largest absolute Gasteiger partial charge is 0.465 e. The van der Waals surface area contributed by atoms with Crippen LogP contribution in [0.2, 0.25) is 5.02 Å². The van der Waals surface area contributed by atoms with Gasteiger partial charge in [-0.1, -0.05) is 23.7 Å².